The zero-order valence-corrected chi connectivity index (χ0v) is 22.5. The number of alkyl carbamates (subject to hydrolysis) is 1. The van der Waals surface area contributed by atoms with E-state index in [1.807, 2.05) is 48.5 Å². The molecule has 1 aliphatic rings. The van der Waals surface area contributed by atoms with Gasteiger partial charge in [0.15, 0.2) is 0 Å². The minimum atomic E-state index is -3.63. The zero-order valence-electron chi connectivity index (χ0n) is 21.7. The molecule has 4 aromatic rings. The van der Waals surface area contributed by atoms with Crippen molar-refractivity contribution in [3.8, 4) is 11.1 Å². The number of nitrogens with one attached hydrogen (secondary N) is 2. The number of carbonyl (C=O) groups is 2. The fraction of sp³-hybridized carbons (Fsp3) is 0.241. The van der Waals surface area contributed by atoms with Crippen molar-refractivity contribution in [1.82, 2.24) is 14.6 Å². The molecule has 1 aliphatic carbocycles. The first-order valence-electron chi connectivity index (χ1n) is 12.7. The monoisotopic (exact) mass is 563 g/mol. The normalized spacial score (nSPS) is 14.3. The van der Waals surface area contributed by atoms with Gasteiger partial charge in [-0.2, -0.15) is 4.72 Å². The van der Waals surface area contributed by atoms with Crippen molar-refractivity contribution in [3.05, 3.63) is 95.7 Å². The van der Waals surface area contributed by atoms with Gasteiger partial charge in [-0.3, -0.25) is 0 Å². The molecule has 0 radical (unpaired) electrons. The van der Waals surface area contributed by atoms with E-state index in [1.165, 1.54) is 0 Å². The highest BCUT2D eigenvalue weighted by atomic mass is 32.2. The maximum absolute atomic E-state index is 12.8. The predicted octanol–water partition coefficient (Wildman–Crippen LogP) is 3.04. The Labute approximate surface area is 231 Å². The summed E-state index contributed by atoms with van der Waals surface area (Å²) in [5.41, 5.74) is 5.55. The number of ether oxygens (including phenoxy) is 1. The van der Waals surface area contributed by atoms with Crippen LogP contribution in [0, 0.1) is 0 Å². The molecule has 3 aromatic carbocycles. The van der Waals surface area contributed by atoms with Crippen molar-refractivity contribution in [2.24, 2.45) is 0 Å². The van der Waals surface area contributed by atoms with E-state index >= 15 is 0 Å². The number of amides is 1. The lowest BCUT2D eigenvalue weighted by Crippen LogP contribution is -2.42. The summed E-state index contributed by atoms with van der Waals surface area (Å²) >= 11 is 0. The number of carboxylic acid groups (broad SMARTS) is 1. The zero-order chi connectivity index (χ0) is 28.4. The lowest BCUT2D eigenvalue weighted by Gasteiger charge is -2.17. The molecule has 4 N–H and O–H groups in total. The van der Waals surface area contributed by atoms with Gasteiger partial charge in [0.25, 0.3) is 0 Å². The molecule has 1 amide bonds. The largest absolute Gasteiger partial charge is 0.480 e. The summed E-state index contributed by atoms with van der Waals surface area (Å²) in [6.07, 6.45) is 0.316. The van der Waals surface area contributed by atoms with Crippen molar-refractivity contribution >= 4 is 33.0 Å². The smallest absolute Gasteiger partial charge is 0.407 e. The van der Waals surface area contributed by atoms with Gasteiger partial charge in [0, 0.05) is 29.4 Å². The van der Waals surface area contributed by atoms with Crippen LogP contribution in [0.25, 0.3) is 22.0 Å². The van der Waals surface area contributed by atoms with Crippen LogP contribution in [-0.4, -0.2) is 60.4 Å². The number of fused-ring (bicyclic) bond motifs is 4. The standard InChI is InChI=1S/C29H29N3O7S/c1-40(37,38)31-27(33)16-32-15-18(19-8-6-7-13-26(19)32)14-25(28(34)35)30-29(36)39-17-24-22-11-4-2-9-20(22)21-10-3-5-12-23(21)24/h2-13,15,24-25,27,31,33H,14,16-17H2,1H3,(H,30,36)(H,34,35)/t25-,27?/m0/s1. The Kier molecular flexibility index (Phi) is 7.61. The molecular weight excluding hydrogens is 534 g/mol. The van der Waals surface area contributed by atoms with Crippen LogP contribution in [0.2, 0.25) is 0 Å². The van der Waals surface area contributed by atoms with Gasteiger partial charge in [0.2, 0.25) is 10.0 Å². The lowest BCUT2D eigenvalue weighted by molar-refractivity contribution is -0.139. The molecule has 0 fully saturated rings. The molecule has 10 nitrogen and oxygen atoms in total. The van der Waals surface area contributed by atoms with Crippen molar-refractivity contribution < 1.29 is 33.0 Å². The first kappa shape index (κ1) is 27.4. The van der Waals surface area contributed by atoms with Gasteiger partial charge in [-0.15, -0.1) is 0 Å². The first-order chi connectivity index (χ1) is 19.1. The van der Waals surface area contributed by atoms with E-state index in [-0.39, 0.29) is 25.5 Å². The van der Waals surface area contributed by atoms with E-state index < -0.39 is 34.4 Å². The van der Waals surface area contributed by atoms with Gasteiger partial charge >= 0.3 is 12.1 Å². The topological polar surface area (TPSA) is 147 Å². The van der Waals surface area contributed by atoms with E-state index in [1.54, 1.807) is 35.0 Å². The number of nitrogens with zero attached hydrogens (tertiary/aromatic N) is 1. The average molecular weight is 564 g/mol. The minimum Gasteiger partial charge on any atom is -0.480 e. The van der Waals surface area contributed by atoms with Gasteiger partial charge in [-0.05, 0) is 33.9 Å². The van der Waals surface area contributed by atoms with E-state index in [4.69, 9.17) is 4.74 Å². The summed E-state index contributed by atoms with van der Waals surface area (Å²) in [6.45, 7) is -0.0398. The van der Waals surface area contributed by atoms with E-state index in [9.17, 15) is 28.2 Å². The Bertz CT molecular complexity index is 1640. The van der Waals surface area contributed by atoms with Gasteiger partial charge in [-0.1, -0.05) is 66.7 Å². The second kappa shape index (κ2) is 11.1. The second-order valence-corrected chi connectivity index (χ2v) is 11.6. The number of hydrogen-bond donors (Lipinski definition) is 4. The predicted molar refractivity (Wildman–Crippen MR) is 149 cm³/mol. The average Bonchev–Trinajstić information content (AvgIpc) is 3.41. The summed E-state index contributed by atoms with van der Waals surface area (Å²) in [7, 11) is -3.63. The highest BCUT2D eigenvalue weighted by Crippen LogP contribution is 2.44. The van der Waals surface area contributed by atoms with Crippen LogP contribution in [0.3, 0.4) is 0 Å². The van der Waals surface area contributed by atoms with Gasteiger partial charge in [0.1, 0.15) is 18.9 Å². The molecule has 11 heteroatoms. The third-order valence-corrected chi connectivity index (χ3v) is 7.65. The van der Waals surface area contributed by atoms with Crippen LogP contribution in [-0.2, 0) is 32.5 Å². The summed E-state index contributed by atoms with van der Waals surface area (Å²) in [6, 6.07) is 21.7. The molecule has 2 atom stereocenters. The van der Waals surface area contributed by atoms with Crippen molar-refractivity contribution in [2.75, 3.05) is 12.9 Å². The number of rotatable bonds is 10. The molecule has 1 aromatic heterocycles. The maximum atomic E-state index is 12.8. The summed E-state index contributed by atoms with van der Waals surface area (Å²) in [5.74, 6) is -1.39. The Morgan fingerprint density at radius 1 is 0.975 bits per heavy atom. The number of aliphatic carboxylic acids is 1. The van der Waals surface area contributed by atoms with E-state index in [2.05, 4.69) is 10.0 Å². The van der Waals surface area contributed by atoms with Crippen LogP contribution in [0.1, 0.15) is 22.6 Å². The number of carbonyl (C=O) groups excluding carboxylic acids is 1. The number of benzene rings is 3. The summed E-state index contributed by atoms with van der Waals surface area (Å²) in [5, 5.41) is 23.3. The molecular formula is C29H29N3O7S. The molecule has 0 bridgehead atoms. The van der Waals surface area contributed by atoms with Gasteiger partial charge in [-0.25, -0.2) is 18.0 Å². The maximum Gasteiger partial charge on any atom is 0.407 e. The SMILES string of the molecule is CS(=O)(=O)NC(O)Cn1cc(C[C@H](NC(=O)OCC2c3ccccc3-c3ccccc32)C(=O)O)c2ccccc21. The van der Waals surface area contributed by atoms with E-state index in [0.717, 1.165) is 33.9 Å². The lowest BCUT2D eigenvalue weighted by atomic mass is 9.98. The summed E-state index contributed by atoms with van der Waals surface area (Å²) in [4.78, 5) is 24.9. The number of carboxylic acids is 1. The number of sulfonamides is 1. The fourth-order valence-corrected chi connectivity index (χ4v) is 5.88. The Balaban J connectivity index is 1.29. The van der Waals surface area contributed by atoms with E-state index in [0.29, 0.717) is 11.1 Å². The summed E-state index contributed by atoms with van der Waals surface area (Å²) < 4.78 is 32.3. The quantitative estimate of drug-likeness (QED) is 0.217. The number of aliphatic hydroxyl groups excluding tert-OH is 1. The molecule has 0 saturated carbocycles. The highest BCUT2D eigenvalue weighted by Gasteiger charge is 2.30. The number of aliphatic hydroxyl groups is 1. The van der Waals surface area contributed by atoms with Crippen molar-refractivity contribution in [2.45, 2.75) is 31.2 Å². The third-order valence-electron chi connectivity index (χ3n) is 6.95. The van der Waals surface area contributed by atoms with Crippen LogP contribution in [0.5, 0.6) is 0 Å². The van der Waals surface area contributed by atoms with Crippen LogP contribution >= 0.6 is 0 Å². The molecule has 208 valence electrons. The number of para-hydroxylation sites is 1. The molecule has 0 saturated heterocycles. The molecule has 1 unspecified atom stereocenters. The van der Waals surface area contributed by atoms with Crippen molar-refractivity contribution in [3.63, 3.8) is 0 Å². The minimum absolute atomic E-state index is 0.0523. The highest BCUT2D eigenvalue weighted by molar-refractivity contribution is 7.88. The van der Waals surface area contributed by atoms with Crippen LogP contribution in [0.15, 0.2) is 79.0 Å². The Hall–Kier alpha value is -4.19. The third kappa shape index (κ3) is 5.86. The van der Waals surface area contributed by atoms with Gasteiger partial charge < -0.3 is 24.8 Å². The Morgan fingerprint density at radius 3 is 2.20 bits per heavy atom. The Morgan fingerprint density at radius 2 is 1.57 bits per heavy atom. The number of aromatic nitrogens is 1. The second-order valence-electron chi connectivity index (χ2n) is 9.79. The first-order valence-corrected chi connectivity index (χ1v) is 14.6. The van der Waals surface area contributed by atoms with Gasteiger partial charge in [0.05, 0.1) is 12.8 Å². The molecule has 5 rings (SSSR count). The molecule has 0 aliphatic heterocycles. The van der Waals surface area contributed by atoms with Crippen LogP contribution < -0.4 is 10.0 Å². The molecule has 1 heterocycles. The van der Waals surface area contributed by atoms with Crippen molar-refractivity contribution in [1.29, 1.82) is 0 Å². The van der Waals surface area contributed by atoms with Crippen LogP contribution in [0.4, 0.5) is 4.79 Å². The molecule has 0 spiro atoms. The number of hydrogen-bond acceptors (Lipinski definition) is 6. The molecule has 40 heavy (non-hydrogen) atoms. The fourth-order valence-electron chi connectivity index (χ4n) is 5.31.